The number of nitrogens with zero attached hydrogens (tertiary/aromatic N) is 1. The molecule has 522 valence electrons. The SMILES string of the molecule is CC/C=C\C/C=C\C/C=C\C/C=C\C/C=C\CCCCCCCCCCCCCCCCCCCCCCCCCCCC(=O)NC(COP(=O)([O-])OCC[N+](C)(C)C)C(O)/C=C/CCCCCCCCCCCCCCCCCCCCCCCCCC. The normalized spacial score (nSPS) is 13.9. The zero-order valence-electron chi connectivity index (χ0n) is 59.9. The van der Waals surface area contributed by atoms with Gasteiger partial charge in [0.2, 0.25) is 5.91 Å². The van der Waals surface area contributed by atoms with Crippen LogP contribution in [0.1, 0.15) is 380 Å². The number of likely N-dealkylation sites (N-methyl/N-ethyl adjacent to an activating group) is 1. The van der Waals surface area contributed by atoms with E-state index >= 15 is 0 Å². The number of phosphoric acid groups is 1. The van der Waals surface area contributed by atoms with E-state index in [2.05, 4.69) is 79.9 Å². The van der Waals surface area contributed by atoms with Gasteiger partial charge in [0.25, 0.3) is 7.82 Å². The van der Waals surface area contributed by atoms with E-state index in [1.807, 2.05) is 27.2 Å². The van der Waals surface area contributed by atoms with Crippen LogP contribution in [0.5, 0.6) is 0 Å². The number of aliphatic hydroxyl groups excluding tert-OH is 1. The van der Waals surface area contributed by atoms with Gasteiger partial charge in [-0.15, -0.1) is 0 Å². The molecule has 9 heteroatoms. The van der Waals surface area contributed by atoms with Crippen molar-refractivity contribution in [2.24, 2.45) is 0 Å². The highest BCUT2D eigenvalue weighted by Gasteiger charge is 2.23. The minimum atomic E-state index is -4.61. The Morgan fingerprint density at radius 1 is 0.404 bits per heavy atom. The van der Waals surface area contributed by atoms with E-state index in [-0.39, 0.29) is 19.1 Å². The van der Waals surface area contributed by atoms with Crippen molar-refractivity contribution in [1.29, 1.82) is 0 Å². The van der Waals surface area contributed by atoms with Crippen molar-refractivity contribution in [1.82, 2.24) is 5.32 Å². The van der Waals surface area contributed by atoms with Gasteiger partial charge in [-0.05, 0) is 64.2 Å². The Kier molecular flexibility index (Phi) is 68.6. The number of carbonyl (C=O) groups is 1. The van der Waals surface area contributed by atoms with E-state index in [4.69, 9.17) is 9.05 Å². The van der Waals surface area contributed by atoms with Crippen molar-refractivity contribution in [2.45, 2.75) is 392 Å². The summed E-state index contributed by atoms with van der Waals surface area (Å²) in [5.41, 5.74) is 0. The summed E-state index contributed by atoms with van der Waals surface area (Å²) in [4.78, 5) is 25.7. The van der Waals surface area contributed by atoms with E-state index < -0.39 is 20.0 Å². The van der Waals surface area contributed by atoms with Gasteiger partial charge in [0.15, 0.2) is 0 Å². The van der Waals surface area contributed by atoms with Crippen molar-refractivity contribution in [3.63, 3.8) is 0 Å². The molecule has 0 fully saturated rings. The van der Waals surface area contributed by atoms with Crippen LogP contribution in [0.4, 0.5) is 0 Å². The standard InChI is InChI=1S/C80H151N2O6P/c1-6-8-10-12-14-16-18-20-22-24-26-28-30-32-34-35-36-37-38-39-40-41-42-43-44-45-46-47-48-50-52-54-56-58-60-62-64-66-68-70-72-74-80(84)81-78(77-88-89(85,86)87-76-75-82(3,4)5)79(83)73-71-69-67-65-63-61-59-57-55-53-51-49-33-31-29-27-25-23-21-19-17-15-13-11-9-7-2/h8,10,14,16,20,22,26,28,32,34,71,73,78-79,83H,6-7,9,11-13,15,17-19,21,23-25,27,29-31,33,35-70,72,74-77H2,1-5H3,(H-,81,84,85,86)/b10-8-,16-14-,22-20-,28-26-,34-32-,73-71+. The molecule has 0 aromatic rings. The Morgan fingerprint density at radius 2 is 0.685 bits per heavy atom. The molecule has 0 aromatic carbocycles. The Morgan fingerprint density at radius 3 is 1.00 bits per heavy atom. The number of amides is 1. The number of rotatable bonds is 72. The molecular formula is C80H151N2O6P. The first kappa shape index (κ1) is 86.9. The first-order valence-corrected chi connectivity index (χ1v) is 40.3. The maximum atomic E-state index is 13.1. The van der Waals surface area contributed by atoms with Crippen LogP contribution in [-0.2, 0) is 18.4 Å². The van der Waals surface area contributed by atoms with Gasteiger partial charge < -0.3 is 28.8 Å². The van der Waals surface area contributed by atoms with Crippen LogP contribution < -0.4 is 10.2 Å². The van der Waals surface area contributed by atoms with Crippen molar-refractivity contribution in [3.8, 4) is 0 Å². The van der Waals surface area contributed by atoms with Crippen LogP contribution >= 0.6 is 7.82 Å². The molecule has 0 rings (SSSR count). The summed E-state index contributed by atoms with van der Waals surface area (Å²) in [6.07, 6.45) is 99.2. The van der Waals surface area contributed by atoms with E-state index in [9.17, 15) is 19.4 Å². The van der Waals surface area contributed by atoms with Crippen LogP contribution in [0.25, 0.3) is 0 Å². The highest BCUT2D eigenvalue weighted by Crippen LogP contribution is 2.38. The number of nitrogens with one attached hydrogen (secondary N) is 1. The molecule has 0 aliphatic rings. The first-order valence-electron chi connectivity index (χ1n) is 38.8. The topological polar surface area (TPSA) is 108 Å². The van der Waals surface area contributed by atoms with Gasteiger partial charge in [-0.3, -0.25) is 9.36 Å². The molecule has 0 heterocycles. The number of carbonyl (C=O) groups excluding carboxylic acids is 1. The van der Waals surface area contributed by atoms with Gasteiger partial charge in [-0.2, -0.15) is 0 Å². The molecule has 0 aliphatic heterocycles. The molecule has 0 aromatic heterocycles. The Labute approximate surface area is 554 Å². The molecule has 2 N–H and O–H groups in total. The van der Waals surface area contributed by atoms with Gasteiger partial charge in [0.05, 0.1) is 39.9 Å². The summed E-state index contributed by atoms with van der Waals surface area (Å²) in [7, 11) is 1.28. The largest absolute Gasteiger partial charge is 0.756 e. The predicted octanol–water partition coefficient (Wildman–Crippen LogP) is 24.7. The lowest BCUT2D eigenvalue weighted by Crippen LogP contribution is -2.45. The summed E-state index contributed by atoms with van der Waals surface area (Å²) in [5.74, 6) is -0.190. The fourth-order valence-electron chi connectivity index (χ4n) is 11.7. The Balaban J connectivity index is 3.93. The lowest BCUT2D eigenvalue weighted by atomic mass is 10.0. The summed E-state index contributed by atoms with van der Waals surface area (Å²) in [6, 6.07) is -0.888. The first-order chi connectivity index (χ1) is 43.5. The molecule has 1 amide bonds. The molecule has 0 aliphatic carbocycles. The van der Waals surface area contributed by atoms with Crippen molar-refractivity contribution >= 4 is 13.7 Å². The zero-order chi connectivity index (χ0) is 64.8. The van der Waals surface area contributed by atoms with E-state index in [1.54, 1.807) is 6.08 Å². The number of allylic oxidation sites excluding steroid dienone is 11. The summed E-state index contributed by atoms with van der Waals surface area (Å²) in [6.45, 7) is 4.59. The summed E-state index contributed by atoms with van der Waals surface area (Å²) in [5, 5.41) is 14.0. The highest BCUT2D eigenvalue weighted by molar-refractivity contribution is 7.45. The molecule has 0 bridgehead atoms. The van der Waals surface area contributed by atoms with Gasteiger partial charge in [-0.25, -0.2) is 0 Å². The third-order valence-corrected chi connectivity index (χ3v) is 18.6. The van der Waals surface area contributed by atoms with Crippen LogP contribution in [0.15, 0.2) is 72.9 Å². The number of hydrogen-bond acceptors (Lipinski definition) is 6. The number of quaternary nitrogens is 1. The quantitative estimate of drug-likeness (QED) is 0.0272. The number of phosphoric ester groups is 1. The van der Waals surface area contributed by atoms with Crippen LogP contribution in [0.2, 0.25) is 0 Å². The second-order valence-electron chi connectivity index (χ2n) is 27.7. The zero-order valence-corrected chi connectivity index (χ0v) is 60.8. The number of unbranched alkanes of at least 4 members (excludes halogenated alkanes) is 49. The molecule has 0 radical (unpaired) electrons. The molecule has 8 nitrogen and oxygen atoms in total. The van der Waals surface area contributed by atoms with Gasteiger partial charge >= 0.3 is 0 Å². The average Bonchev–Trinajstić information content (AvgIpc) is 3.61. The van der Waals surface area contributed by atoms with Gasteiger partial charge in [0.1, 0.15) is 13.2 Å². The molecular weight excluding hydrogens is 1120 g/mol. The van der Waals surface area contributed by atoms with Crippen molar-refractivity contribution in [2.75, 3.05) is 40.9 Å². The molecule has 3 atom stereocenters. The van der Waals surface area contributed by atoms with Crippen LogP contribution in [0.3, 0.4) is 0 Å². The molecule has 3 unspecified atom stereocenters. The Bertz CT molecular complexity index is 1680. The van der Waals surface area contributed by atoms with Crippen molar-refractivity contribution in [3.05, 3.63) is 72.9 Å². The third-order valence-electron chi connectivity index (χ3n) is 17.7. The summed E-state index contributed by atoms with van der Waals surface area (Å²) >= 11 is 0. The predicted molar refractivity (Wildman–Crippen MR) is 390 cm³/mol. The van der Waals surface area contributed by atoms with E-state index in [0.29, 0.717) is 17.4 Å². The van der Waals surface area contributed by atoms with Crippen LogP contribution in [-0.4, -0.2) is 68.5 Å². The monoisotopic (exact) mass is 1270 g/mol. The lowest BCUT2D eigenvalue weighted by molar-refractivity contribution is -0.870. The van der Waals surface area contributed by atoms with Gasteiger partial charge in [0, 0.05) is 6.42 Å². The summed E-state index contributed by atoms with van der Waals surface area (Å²) < 4.78 is 23.5. The molecule has 0 saturated carbocycles. The third kappa shape index (κ3) is 73.2. The maximum Gasteiger partial charge on any atom is 0.268 e. The average molecular weight is 1270 g/mol. The number of aliphatic hydroxyl groups is 1. The molecule has 89 heavy (non-hydrogen) atoms. The minimum absolute atomic E-state index is 0.000275. The maximum absolute atomic E-state index is 13.1. The van der Waals surface area contributed by atoms with Gasteiger partial charge in [-0.1, -0.05) is 382 Å². The van der Waals surface area contributed by atoms with Crippen LogP contribution in [0, 0.1) is 0 Å². The second-order valence-corrected chi connectivity index (χ2v) is 29.1. The number of hydrogen-bond donors (Lipinski definition) is 2. The second kappa shape index (κ2) is 70.3. The Hall–Kier alpha value is -2.06. The molecule has 0 spiro atoms. The lowest BCUT2D eigenvalue weighted by Gasteiger charge is -2.29. The van der Waals surface area contributed by atoms with E-state index in [1.165, 1.54) is 289 Å². The highest BCUT2D eigenvalue weighted by atomic mass is 31.2. The molecule has 0 saturated heterocycles. The van der Waals surface area contributed by atoms with E-state index in [0.717, 1.165) is 70.6 Å². The fourth-order valence-corrected chi connectivity index (χ4v) is 12.4. The minimum Gasteiger partial charge on any atom is -0.756 e. The van der Waals surface area contributed by atoms with Crippen molar-refractivity contribution < 1.29 is 32.9 Å². The fraction of sp³-hybridized carbons (Fsp3) is 0.838. The smallest absolute Gasteiger partial charge is 0.268 e.